The molecule has 0 N–H and O–H groups in total. The van der Waals surface area contributed by atoms with Crippen LogP contribution in [0.5, 0.6) is 0 Å². The largest absolute Gasteiger partial charge is 0.461 e. The van der Waals surface area contributed by atoms with Crippen molar-refractivity contribution in [1.82, 2.24) is 0 Å². The number of allylic oxidation sites excluding steroid dienone is 1. The van der Waals surface area contributed by atoms with Gasteiger partial charge in [-0.25, -0.2) is 4.79 Å². The van der Waals surface area contributed by atoms with Gasteiger partial charge in [0.1, 0.15) is 6.61 Å². The SMILES string of the molecule is CC/C(=C\C(=O)C(C)(C)c1cccc(C)c1)C(=O)OCCSC(=O)C(C)c1ccc(CC(C)C)cc1. The van der Waals surface area contributed by atoms with Crippen LogP contribution in [-0.4, -0.2) is 29.2 Å². The van der Waals surface area contributed by atoms with Gasteiger partial charge in [-0.05, 0) is 62.3 Å². The number of hydrogen-bond acceptors (Lipinski definition) is 5. The maximum atomic E-state index is 13.0. The normalized spacial score (nSPS) is 12.9. The molecule has 0 aliphatic rings. The number of thioether (sulfide) groups is 1. The molecule has 4 nitrogen and oxygen atoms in total. The quantitative estimate of drug-likeness (QED) is 0.176. The van der Waals surface area contributed by atoms with E-state index >= 15 is 0 Å². The summed E-state index contributed by atoms with van der Waals surface area (Å²) in [5.74, 6) is 0.0906. The number of carbonyl (C=O) groups is 3. The third-order valence-electron chi connectivity index (χ3n) is 6.34. The fraction of sp³-hybridized carbons (Fsp3) is 0.452. The molecule has 0 saturated heterocycles. The molecule has 1 atom stereocenters. The van der Waals surface area contributed by atoms with Crippen molar-refractivity contribution in [2.24, 2.45) is 5.92 Å². The van der Waals surface area contributed by atoms with E-state index < -0.39 is 11.4 Å². The topological polar surface area (TPSA) is 60.4 Å². The van der Waals surface area contributed by atoms with E-state index in [0.29, 0.717) is 23.7 Å². The van der Waals surface area contributed by atoms with E-state index in [2.05, 4.69) is 26.0 Å². The number of benzene rings is 2. The van der Waals surface area contributed by atoms with Crippen molar-refractivity contribution in [3.05, 3.63) is 82.4 Å². The van der Waals surface area contributed by atoms with E-state index in [-0.39, 0.29) is 23.4 Å². The molecule has 0 aliphatic heterocycles. The summed E-state index contributed by atoms with van der Waals surface area (Å²) in [5, 5.41) is 0.0454. The highest BCUT2D eigenvalue weighted by Crippen LogP contribution is 2.27. The Morgan fingerprint density at radius 2 is 1.69 bits per heavy atom. The van der Waals surface area contributed by atoms with E-state index in [1.807, 2.05) is 71.0 Å². The van der Waals surface area contributed by atoms with Gasteiger partial charge in [-0.3, -0.25) is 9.59 Å². The van der Waals surface area contributed by atoms with Crippen LogP contribution in [0.25, 0.3) is 0 Å². The number of hydrogen-bond donors (Lipinski definition) is 0. The molecule has 0 aromatic heterocycles. The number of aryl methyl sites for hydroxylation is 1. The van der Waals surface area contributed by atoms with Gasteiger partial charge in [-0.15, -0.1) is 0 Å². The van der Waals surface area contributed by atoms with Crippen LogP contribution in [0, 0.1) is 12.8 Å². The molecule has 0 fully saturated rings. The second-order valence-corrected chi connectivity index (χ2v) is 11.3. The van der Waals surface area contributed by atoms with Crippen LogP contribution in [-0.2, 0) is 31.0 Å². The van der Waals surface area contributed by atoms with Crippen LogP contribution in [0.4, 0.5) is 0 Å². The molecular formula is C31H40O4S. The smallest absolute Gasteiger partial charge is 0.334 e. The Kier molecular flexibility index (Phi) is 11.2. The minimum Gasteiger partial charge on any atom is -0.461 e. The summed E-state index contributed by atoms with van der Waals surface area (Å²) in [6, 6.07) is 16.1. The van der Waals surface area contributed by atoms with E-state index in [9.17, 15) is 14.4 Å². The molecule has 0 radical (unpaired) electrons. The fourth-order valence-electron chi connectivity index (χ4n) is 3.86. The molecule has 194 valence electrons. The van der Waals surface area contributed by atoms with Gasteiger partial charge >= 0.3 is 5.97 Å². The Bertz CT molecular complexity index is 1080. The third kappa shape index (κ3) is 8.48. The lowest BCUT2D eigenvalue weighted by Crippen LogP contribution is -2.28. The second kappa shape index (κ2) is 13.6. The average Bonchev–Trinajstić information content (AvgIpc) is 2.84. The number of ether oxygens (including phenoxy) is 1. The van der Waals surface area contributed by atoms with E-state index in [0.717, 1.165) is 23.1 Å². The highest BCUT2D eigenvalue weighted by molar-refractivity contribution is 8.13. The predicted octanol–water partition coefficient (Wildman–Crippen LogP) is 6.98. The first-order chi connectivity index (χ1) is 16.9. The molecule has 0 saturated carbocycles. The Balaban J connectivity index is 1.88. The second-order valence-electron chi connectivity index (χ2n) is 10.2. The van der Waals surface area contributed by atoms with Crippen LogP contribution in [0.15, 0.2) is 60.2 Å². The summed E-state index contributed by atoms with van der Waals surface area (Å²) in [6.45, 7) is 13.9. The summed E-state index contributed by atoms with van der Waals surface area (Å²) >= 11 is 1.17. The highest BCUT2D eigenvalue weighted by atomic mass is 32.2. The van der Waals surface area contributed by atoms with Crippen molar-refractivity contribution in [3.63, 3.8) is 0 Å². The maximum absolute atomic E-state index is 13.0. The minimum absolute atomic E-state index is 0.0454. The Labute approximate surface area is 220 Å². The van der Waals surface area contributed by atoms with Gasteiger partial charge in [0.2, 0.25) is 0 Å². The summed E-state index contributed by atoms with van der Waals surface area (Å²) in [4.78, 5) is 38.2. The molecule has 0 heterocycles. The number of carbonyl (C=O) groups excluding carboxylic acids is 3. The molecule has 5 heteroatoms. The molecule has 2 aromatic carbocycles. The zero-order chi connectivity index (χ0) is 26.9. The van der Waals surface area contributed by atoms with Gasteiger partial charge in [0.15, 0.2) is 10.9 Å². The molecule has 36 heavy (non-hydrogen) atoms. The van der Waals surface area contributed by atoms with Gasteiger partial charge < -0.3 is 4.74 Å². The van der Waals surface area contributed by atoms with Gasteiger partial charge in [-0.1, -0.05) is 93.6 Å². The molecule has 0 amide bonds. The van der Waals surface area contributed by atoms with Crippen LogP contribution in [0.2, 0.25) is 0 Å². The zero-order valence-electron chi connectivity index (χ0n) is 22.7. The van der Waals surface area contributed by atoms with Crippen LogP contribution in [0.3, 0.4) is 0 Å². The van der Waals surface area contributed by atoms with Crippen molar-refractivity contribution in [1.29, 1.82) is 0 Å². The number of rotatable bonds is 12. The first kappa shape index (κ1) is 29.6. The van der Waals surface area contributed by atoms with E-state index in [4.69, 9.17) is 4.74 Å². The third-order valence-corrected chi connectivity index (χ3v) is 7.35. The van der Waals surface area contributed by atoms with Crippen LogP contribution >= 0.6 is 11.8 Å². The Morgan fingerprint density at radius 3 is 2.28 bits per heavy atom. The summed E-state index contributed by atoms with van der Waals surface area (Å²) in [5.41, 5.74) is 3.84. The monoisotopic (exact) mass is 508 g/mol. The Morgan fingerprint density at radius 1 is 1.03 bits per heavy atom. The predicted molar refractivity (Wildman–Crippen MR) is 149 cm³/mol. The van der Waals surface area contributed by atoms with Crippen molar-refractivity contribution in [2.75, 3.05) is 12.4 Å². The molecule has 0 aliphatic carbocycles. The van der Waals surface area contributed by atoms with Gasteiger partial charge in [-0.2, -0.15) is 0 Å². The average molecular weight is 509 g/mol. The first-order valence-corrected chi connectivity index (χ1v) is 13.7. The molecule has 0 bridgehead atoms. The maximum Gasteiger partial charge on any atom is 0.334 e. The number of esters is 1. The number of ketones is 1. The van der Waals surface area contributed by atoms with Gasteiger partial charge in [0, 0.05) is 11.3 Å². The van der Waals surface area contributed by atoms with E-state index in [1.54, 1.807) is 0 Å². The highest BCUT2D eigenvalue weighted by Gasteiger charge is 2.29. The van der Waals surface area contributed by atoms with Crippen molar-refractivity contribution in [2.45, 2.75) is 72.6 Å². The van der Waals surface area contributed by atoms with Crippen LogP contribution < -0.4 is 0 Å². The lowest BCUT2D eigenvalue weighted by atomic mass is 9.79. The zero-order valence-corrected chi connectivity index (χ0v) is 23.5. The molecule has 1 unspecified atom stereocenters. The lowest BCUT2D eigenvalue weighted by Gasteiger charge is -2.23. The first-order valence-electron chi connectivity index (χ1n) is 12.7. The molecular weight excluding hydrogens is 468 g/mol. The Hall–Kier alpha value is -2.66. The van der Waals surface area contributed by atoms with Crippen molar-refractivity contribution in [3.8, 4) is 0 Å². The molecule has 2 rings (SSSR count). The van der Waals surface area contributed by atoms with E-state index in [1.165, 1.54) is 23.4 Å². The van der Waals surface area contributed by atoms with Crippen LogP contribution in [0.1, 0.15) is 76.1 Å². The van der Waals surface area contributed by atoms with Crippen molar-refractivity contribution < 1.29 is 19.1 Å². The summed E-state index contributed by atoms with van der Waals surface area (Å²) in [6.07, 6.45) is 2.82. The van der Waals surface area contributed by atoms with Gasteiger partial charge in [0.25, 0.3) is 0 Å². The standard InChI is InChI=1S/C31H40O4S/c1-8-25(20-28(32)31(6,7)27-11-9-10-22(4)19-27)29(33)35-16-17-36-30(34)23(5)26-14-12-24(13-15-26)18-21(2)3/h9-15,19-21,23H,8,16-18H2,1-7H3/b25-20+. The lowest BCUT2D eigenvalue weighted by molar-refractivity contribution is -0.138. The molecule has 0 spiro atoms. The molecule has 2 aromatic rings. The fourth-order valence-corrected chi connectivity index (χ4v) is 4.62. The van der Waals surface area contributed by atoms with Crippen molar-refractivity contribution >= 4 is 28.6 Å². The minimum atomic E-state index is -0.752. The van der Waals surface area contributed by atoms with Gasteiger partial charge in [0.05, 0.1) is 11.3 Å². The summed E-state index contributed by atoms with van der Waals surface area (Å²) < 4.78 is 5.39. The summed E-state index contributed by atoms with van der Waals surface area (Å²) in [7, 11) is 0.